The standard InChI is InChI=1S/C10H10ClN3O2/c1-6(7-3-2-4-16-7)14-9-8(11)10(15)13-5-12-9/h2-6H,1H3,(H2,12,13,14,15). The van der Waals surface area contributed by atoms with Gasteiger partial charge in [0.2, 0.25) is 0 Å². The lowest BCUT2D eigenvalue weighted by Gasteiger charge is -2.12. The number of hydrogen-bond acceptors (Lipinski definition) is 4. The Hall–Kier alpha value is -1.75. The summed E-state index contributed by atoms with van der Waals surface area (Å²) in [5, 5.41) is 3.04. The minimum absolute atomic E-state index is 0.0425. The topological polar surface area (TPSA) is 70.9 Å². The van der Waals surface area contributed by atoms with E-state index in [4.69, 9.17) is 16.0 Å². The summed E-state index contributed by atoms with van der Waals surface area (Å²) < 4.78 is 5.22. The molecule has 2 heterocycles. The first-order chi connectivity index (χ1) is 7.68. The van der Waals surface area contributed by atoms with Crippen molar-refractivity contribution in [3.63, 3.8) is 0 Å². The molecule has 16 heavy (non-hydrogen) atoms. The molecule has 5 nitrogen and oxygen atoms in total. The third-order valence-electron chi connectivity index (χ3n) is 2.12. The second-order valence-electron chi connectivity index (χ2n) is 3.28. The van der Waals surface area contributed by atoms with Gasteiger partial charge in [-0.3, -0.25) is 4.79 Å². The Bertz CT molecular complexity index is 521. The Kier molecular flexibility index (Phi) is 2.96. The fourth-order valence-electron chi connectivity index (χ4n) is 1.30. The summed E-state index contributed by atoms with van der Waals surface area (Å²) in [5.74, 6) is 1.09. The summed E-state index contributed by atoms with van der Waals surface area (Å²) in [6.45, 7) is 1.89. The highest BCUT2D eigenvalue weighted by atomic mass is 35.5. The molecule has 2 rings (SSSR count). The van der Waals surface area contributed by atoms with E-state index in [9.17, 15) is 4.79 Å². The highest BCUT2D eigenvalue weighted by Crippen LogP contribution is 2.21. The molecule has 2 aromatic heterocycles. The van der Waals surface area contributed by atoms with Crippen LogP contribution in [-0.4, -0.2) is 9.97 Å². The number of furan rings is 1. The number of halogens is 1. The average Bonchev–Trinajstić information content (AvgIpc) is 2.78. The van der Waals surface area contributed by atoms with Gasteiger partial charge in [-0.2, -0.15) is 0 Å². The quantitative estimate of drug-likeness (QED) is 0.861. The Labute approximate surface area is 96.5 Å². The Morgan fingerprint density at radius 2 is 2.44 bits per heavy atom. The van der Waals surface area contributed by atoms with Crippen molar-refractivity contribution in [3.8, 4) is 0 Å². The molecule has 84 valence electrons. The van der Waals surface area contributed by atoms with Crippen LogP contribution in [-0.2, 0) is 0 Å². The fraction of sp³-hybridized carbons (Fsp3) is 0.200. The SMILES string of the molecule is CC(Nc1nc[nH]c(=O)c1Cl)c1ccco1. The number of hydrogen-bond donors (Lipinski definition) is 2. The first-order valence-corrected chi connectivity index (χ1v) is 5.09. The highest BCUT2D eigenvalue weighted by molar-refractivity contribution is 6.32. The summed E-state index contributed by atoms with van der Waals surface area (Å²) in [5.41, 5.74) is -0.370. The zero-order valence-electron chi connectivity index (χ0n) is 8.53. The molecule has 0 aromatic carbocycles. The van der Waals surface area contributed by atoms with Crippen LogP contribution in [0, 0.1) is 0 Å². The van der Waals surface area contributed by atoms with E-state index in [0.717, 1.165) is 5.76 Å². The normalized spacial score (nSPS) is 12.4. The number of aromatic nitrogens is 2. The number of H-pyrrole nitrogens is 1. The van der Waals surface area contributed by atoms with E-state index in [-0.39, 0.29) is 16.6 Å². The molecule has 0 radical (unpaired) electrons. The summed E-state index contributed by atoms with van der Waals surface area (Å²) in [6.07, 6.45) is 2.88. The molecule has 6 heteroatoms. The van der Waals surface area contributed by atoms with Crippen molar-refractivity contribution in [2.24, 2.45) is 0 Å². The van der Waals surface area contributed by atoms with Crippen LogP contribution >= 0.6 is 11.6 Å². The van der Waals surface area contributed by atoms with E-state index in [1.54, 1.807) is 12.3 Å². The molecule has 0 amide bonds. The van der Waals surface area contributed by atoms with Crippen LogP contribution in [0.1, 0.15) is 18.7 Å². The van der Waals surface area contributed by atoms with Gasteiger partial charge in [0, 0.05) is 0 Å². The van der Waals surface area contributed by atoms with E-state index in [0.29, 0.717) is 5.82 Å². The molecule has 0 aliphatic rings. The maximum Gasteiger partial charge on any atom is 0.271 e. The van der Waals surface area contributed by atoms with Gasteiger partial charge in [0.15, 0.2) is 5.82 Å². The van der Waals surface area contributed by atoms with Crippen LogP contribution in [0.15, 0.2) is 33.9 Å². The van der Waals surface area contributed by atoms with Gasteiger partial charge in [0.05, 0.1) is 18.6 Å². The van der Waals surface area contributed by atoms with Gasteiger partial charge in [-0.05, 0) is 19.1 Å². The number of rotatable bonds is 3. The van der Waals surface area contributed by atoms with E-state index in [1.165, 1.54) is 6.33 Å². The molecule has 0 aliphatic heterocycles. The molecule has 0 bridgehead atoms. The van der Waals surface area contributed by atoms with E-state index < -0.39 is 0 Å². The molecule has 0 saturated heterocycles. The van der Waals surface area contributed by atoms with E-state index in [2.05, 4.69) is 15.3 Å². The van der Waals surface area contributed by atoms with Gasteiger partial charge in [-0.15, -0.1) is 0 Å². The highest BCUT2D eigenvalue weighted by Gasteiger charge is 2.12. The average molecular weight is 240 g/mol. The van der Waals surface area contributed by atoms with Crippen LogP contribution in [0.5, 0.6) is 0 Å². The number of aromatic amines is 1. The van der Waals surface area contributed by atoms with E-state index in [1.807, 2.05) is 13.0 Å². The van der Waals surface area contributed by atoms with Crippen molar-refractivity contribution in [1.29, 1.82) is 0 Å². The number of anilines is 1. The van der Waals surface area contributed by atoms with Crippen LogP contribution in [0.2, 0.25) is 5.02 Å². The third-order valence-corrected chi connectivity index (χ3v) is 2.47. The van der Waals surface area contributed by atoms with Gasteiger partial charge in [-0.25, -0.2) is 4.98 Å². The first kappa shape index (κ1) is 10.8. The van der Waals surface area contributed by atoms with Crippen LogP contribution in [0.3, 0.4) is 0 Å². The summed E-state index contributed by atoms with van der Waals surface area (Å²) >= 11 is 5.80. The number of nitrogens with one attached hydrogen (secondary N) is 2. The van der Waals surface area contributed by atoms with Gasteiger partial charge in [0.1, 0.15) is 10.8 Å². The Morgan fingerprint density at radius 3 is 3.12 bits per heavy atom. The van der Waals surface area contributed by atoms with Crippen molar-refractivity contribution in [2.45, 2.75) is 13.0 Å². The minimum Gasteiger partial charge on any atom is -0.467 e. The first-order valence-electron chi connectivity index (χ1n) is 4.71. The zero-order chi connectivity index (χ0) is 11.5. The third kappa shape index (κ3) is 2.09. The van der Waals surface area contributed by atoms with Crippen molar-refractivity contribution < 1.29 is 4.42 Å². The van der Waals surface area contributed by atoms with Crippen molar-refractivity contribution >= 4 is 17.4 Å². The summed E-state index contributed by atoms with van der Waals surface area (Å²) in [6, 6.07) is 3.51. The molecular weight excluding hydrogens is 230 g/mol. The smallest absolute Gasteiger partial charge is 0.271 e. The Balaban J connectivity index is 2.21. The molecule has 2 N–H and O–H groups in total. The van der Waals surface area contributed by atoms with Crippen molar-refractivity contribution in [3.05, 3.63) is 45.9 Å². The zero-order valence-corrected chi connectivity index (χ0v) is 9.28. The second kappa shape index (κ2) is 4.40. The molecule has 0 aliphatic carbocycles. The minimum atomic E-state index is -0.370. The molecule has 2 aromatic rings. The van der Waals surface area contributed by atoms with Gasteiger partial charge >= 0.3 is 0 Å². The lowest BCUT2D eigenvalue weighted by Crippen LogP contribution is -2.13. The molecule has 1 atom stereocenters. The van der Waals surface area contributed by atoms with E-state index >= 15 is 0 Å². The second-order valence-corrected chi connectivity index (χ2v) is 3.65. The monoisotopic (exact) mass is 239 g/mol. The van der Waals surface area contributed by atoms with Crippen LogP contribution in [0.25, 0.3) is 0 Å². The van der Waals surface area contributed by atoms with Gasteiger partial charge in [-0.1, -0.05) is 11.6 Å². The lowest BCUT2D eigenvalue weighted by molar-refractivity contribution is 0.490. The molecule has 1 unspecified atom stereocenters. The maximum absolute atomic E-state index is 11.2. The lowest BCUT2D eigenvalue weighted by atomic mass is 10.2. The van der Waals surface area contributed by atoms with Crippen LogP contribution < -0.4 is 10.9 Å². The molecule has 0 saturated carbocycles. The fourth-order valence-corrected chi connectivity index (χ4v) is 1.46. The molecule has 0 spiro atoms. The molecule has 0 fully saturated rings. The summed E-state index contributed by atoms with van der Waals surface area (Å²) in [7, 11) is 0. The summed E-state index contributed by atoms with van der Waals surface area (Å²) in [4.78, 5) is 17.6. The van der Waals surface area contributed by atoms with Gasteiger partial charge < -0.3 is 14.7 Å². The predicted molar refractivity (Wildman–Crippen MR) is 60.6 cm³/mol. The van der Waals surface area contributed by atoms with Crippen LogP contribution in [0.4, 0.5) is 5.82 Å². The Morgan fingerprint density at radius 1 is 1.62 bits per heavy atom. The van der Waals surface area contributed by atoms with Crippen molar-refractivity contribution in [2.75, 3.05) is 5.32 Å². The predicted octanol–water partition coefficient (Wildman–Crippen LogP) is 2.19. The maximum atomic E-state index is 11.2. The molecular formula is C10H10ClN3O2. The van der Waals surface area contributed by atoms with Gasteiger partial charge in [0.25, 0.3) is 5.56 Å². The van der Waals surface area contributed by atoms with Crippen molar-refractivity contribution in [1.82, 2.24) is 9.97 Å². The number of nitrogens with zero attached hydrogens (tertiary/aromatic N) is 1. The largest absolute Gasteiger partial charge is 0.467 e.